The maximum atomic E-state index is 12.3. The van der Waals surface area contributed by atoms with Gasteiger partial charge in [-0.05, 0) is 30.4 Å². The molecule has 2 N–H and O–H groups in total. The quantitative estimate of drug-likeness (QED) is 0.857. The highest BCUT2D eigenvalue weighted by molar-refractivity contribution is 5.90. The summed E-state index contributed by atoms with van der Waals surface area (Å²) in [5, 5.41) is 12.0. The summed E-state index contributed by atoms with van der Waals surface area (Å²) >= 11 is 0. The molecule has 1 aromatic carbocycles. The number of aliphatic hydroxyl groups is 1. The van der Waals surface area contributed by atoms with E-state index in [1.165, 1.54) is 0 Å². The van der Waals surface area contributed by atoms with E-state index in [-0.39, 0.29) is 12.6 Å². The Morgan fingerprint density at radius 3 is 2.68 bits per heavy atom. The van der Waals surface area contributed by atoms with E-state index in [9.17, 15) is 4.79 Å². The van der Waals surface area contributed by atoms with Crippen LogP contribution < -0.4 is 5.32 Å². The lowest BCUT2D eigenvalue weighted by Gasteiger charge is -2.23. The van der Waals surface area contributed by atoms with Crippen LogP contribution in [-0.2, 0) is 0 Å². The van der Waals surface area contributed by atoms with Gasteiger partial charge in [0.1, 0.15) is 0 Å². The summed E-state index contributed by atoms with van der Waals surface area (Å²) in [7, 11) is 0. The Morgan fingerprint density at radius 1 is 1.42 bits per heavy atom. The Balaban J connectivity index is 2.09. The molecular formula is C15H22N2O2. The van der Waals surface area contributed by atoms with Crippen molar-refractivity contribution in [1.82, 2.24) is 4.90 Å². The Morgan fingerprint density at radius 2 is 2.11 bits per heavy atom. The van der Waals surface area contributed by atoms with E-state index in [1.54, 1.807) is 4.90 Å². The first-order valence-electron chi connectivity index (χ1n) is 6.91. The number of carbonyl (C=O) groups is 1. The van der Waals surface area contributed by atoms with Crippen LogP contribution in [0, 0.1) is 0 Å². The molecule has 2 amide bonds. The van der Waals surface area contributed by atoms with E-state index < -0.39 is 0 Å². The minimum absolute atomic E-state index is 0.00967. The molecule has 1 saturated carbocycles. The lowest BCUT2D eigenvalue weighted by molar-refractivity contribution is 0.185. The van der Waals surface area contributed by atoms with Crippen molar-refractivity contribution in [3.63, 3.8) is 0 Å². The van der Waals surface area contributed by atoms with Gasteiger partial charge < -0.3 is 15.3 Å². The molecule has 19 heavy (non-hydrogen) atoms. The average Bonchev–Trinajstić information content (AvgIpc) is 3.20. The number of aliphatic hydroxyl groups excluding tert-OH is 1. The minimum Gasteiger partial charge on any atom is -0.395 e. The zero-order valence-electron chi connectivity index (χ0n) is 11.6. The molecule has 0 radical (unpaired) electrons. The molecule has 2 rings (SSSR count). The molecule has 1 aliphatic rings. The number of urea groups is 1. The van der Waals surface area contributed by atoms with E-state index in [2.05, 4.69) is 19.2 Å². The van der Waals surface area contributed by atoms with Crippen LogP contribution in [0.15, 0.2) is 24.3 Å². The van der Waals surface area contributed by atoms with E-state index in [4.69, 9.17) is 5.11 Å². The standard InChI is InChI=1S/C15H22N2O2/c1-11(2)13-5-3-4-6-14(13)16-15(19)17(9-10-18)12-7-8-12/h3-6,11-12,18H,7-10H2,1-2H3,(H,16,19). The first-order chi connectivity index (χ1) is 9.13. The molecule has 1 fully saturated rings. The van der Waals surface area contributed by atoms with Gasteiger partial charge in [-0.15, -0.1) is 0 Å². The van der Waals surface area contributed by atoms with Gasteiger partial charge in [-0.25, -0.2) is 4.79 Å². The molecule has 0 bridgehead atoms. The van der Waals surface area contributed by atoms with Crippen molar-refractivity contribution in [2.24, 2.45) is 0 Å². The number of rotatable bonds is 5. The Labute approximate surface area is 114 Å². The molecule has 4 nitrogen and oxygen atoms in total. The minimum atomic E-state index is -0.107. The smallest absolute Gasteiger partial charge is 0.322 e. The number of para-hydroxylation sites is 1. The number of benzene rings is 1. The largest absolute Gasteiger partial charge is 0.395 e. The van der Waals surface area contributed by atoms with E-state index in [1.807, 2.05) is 24.3 Å². The second-order valence-corrected chi connectivity index (χ2v) is 5.32. The van der Waals surface area contributed by atoms with Crippen molar-refractivity contribution < 1.29 is 9.90 Å². The van der Waals surface area contributed by atoms with Crippen molar-refractivity contribution in [3.8, 4) is 0 Å². The van der Waals surface area contributed by atoms with Gasteiger partial charge in [0.2, 0.25) is 0 Å². The lowest BCUT2D eigenvalue weighted by atomic mass is 10.0. The van der Waals surface area contributed by atoms with Crippen LogP contribution in [0.4, 0.5) is 10.5 Å². The number of carbonyl (C=O) groups excluding carboxylic acids is 1. The third kappa shape index (κ3) is 3.47. The Bertz CT molecular complexity index is 442. The molecule has 1 aliphatic carbocycles. The van der Waals surface area contributed by atoms with Gasteiger partial charge in [-0.1, -0.05) is 32.0 Å². The molecule has 0 heterocycles. The van der Waals surface area contributed by atoms with Crippen molar-refractivity contribution >= 4 is 11.7 Å². The number of nitrogens with zero attached hydrogens (tertiary/aromatic N) is 1. The van der Waals surface area contributed by atoms with Crippen LogP contribution in [-0.4, -0.2) is 35.2 Å². The summed E-state index contributed by atoms with van der Waals surface area (Å²) < 4.78 is 0. The van der Waals surface area contributed by atoms with Crippen LogP contribution in [0.25, 0.3) is 0 Å². The van der Waals surface area contributed by atoms with Gasteiger partial charge in [0.25, 0.3) is 0 Å². The van der Waals surface area contributed by atoms with Crippen LogP contribution in [0.5, 0.6) is 0 Å². The number of hydrogen-bond donors (Lipinski definition) is 2. The van der Waals surface area contributed by atoms with E-state index >= 15 is 0 Å². The summed E-state index contributed by atoms with van der Waals surface area (Å²) in [6, 6.07) is 8.07. The summed E-state index contributed by atoms with van der Waals surface area (Å²) in [4.78, 5) is 14.0. The van der Waals surface area contributed by atoms with Crippen molar-refractivity contribution in [2.45, 2.75) is 38.6 Å². The zero-order chi connectivity index (χ0) is 13.8. The maximum absolute atomic E-state index is 12.3. The second kappa shape index (κ2) is 6.06. The van der Waals surface area contributed by atoms with Gasteiger partial charge in [0.05, 0.1) is 6.61 Å². The zero-order valence-corrected chi connectivity index (χ0v) is 11.6. The fraction of sp³-hybridized carbons (Fsp3) is 0.533. The van der Waals surface area contributed by atoms with Crippen LogP contribution >= 0.6 is 0 Å². The molecule has 0 aromatic heterocycles. The lowest BCUT2D eigenvalue weighted by Crippen LogP contribution is -2.38. The topological polar surface area (TPSA) is 52.6 Å². The molecule has 104 valence electrons. The summed E-state index contributed by atoms with van der Waals surface area (Å²) in [5.41, 5.74) is 2.00. The molecule has 0 spiro atoms. The molecule has 0 unspecified atom stereocenters. The van der Waals surface area contributed by atoms with Crippen LogP contribution in [0.3, 0.4) is 0 Å². The van der Waals surface area contributed by atoms with Gasteiger partial charge >= 0.3 is 6.03 Å². The third-order valence-electron chi connectivity index (χ3n) is 3.41. The number of nitrogens with one attached hydrogen (secondary N) is 1. The van der Waals surface area contributed by atoms with Gasteiger partial charge in [0.15, 0.2) is 0 Å². The molecule has 0 aliphatic heterocycles. The predicted molar refractivity (Wildman–Crippen MR) is 76.4 cm³/mol. The Hall–Kier alpha value is -1.55. The van der Waals surface area contributed by atoms with Crippen LogP contribution in [0.1, 0.15) is 38.2 Å². The van der Waals surface area contributed by atoms with E-state index in [0.29, 0.717) is 18.5 Å². The fourth-order valence-electron chi connectivity index (χ4n) is 2.25. The molecule has 1 aromatic rings. The monoisotopic (exact) mass is 262 g/mol. The first-order valence-corrected chi connectivity index (χ1v) is 6.91. The Kier molecular flexibility index (Phi) is 4.43. The van der Waals surface area contributed by atoms with Crippen LogP contribution in [0.2, 0.25) is 0 Å². The fourth-order valence-corrected chi connectivity index (χ4v) is 2.25. The number of anilines is 1. The highest BCUT2D eigenvalue weighted by Gasteiger charge is 2.32. The van der Waals surface area contributed by atoms with Crippen molar-refractivity contribution in [1.29, 1.82) is 0 Å². The predicted octanol–water partition coefficient (Wildman–Crippen LogP) is 2.80. The summed E-state index contributed by atoms with van der Waals surface area (Å²) in [6.45, 7) is 4.63. The van der Waals surface area contributed by atoms with Gasteiger partial charge in [-0.2, -0.15) is 0 Å². The first kappa shape index (κ1) is 13.9. The van der Waals surface area contributed by atoms with E-state index in [0.717, 1.165) is 24.1 Å². The molecular weight excluding hydrogens is 240 g/mol. The number of amides is 2. The van der Waals surface area contributed by atoms with Gasteiger partial charge in [0, 0.05) is 18.3 Å². The third-order valence-corrected chi connectivity index (χ3v) is 3.41. The molecule has 0 saturated heterocycles. The molecule has 4 heteroatoms. The summed E-state index contributed by atoms with van der Waals surface area (Å²) in [6.07, 6.45) is 2.08. The van der Waals surface area contributed by atoms with Crippen molar-refractivity contribution in [3.05, 3.63) is 29.8 Å². The highest BCUT2D eigenvalue weighted by Crippen LogP contribution is 2.28. The maximum Gasteiger partial charge on any atom is 0.322 e. The second-order valence-electron chi connectivity index (χ2n) is 5.32. The average molecular weight is 262 g/mol. The summed E-state index contributed by atoms with van der Waals surface area (Å²) in [5.74, 6) is 0.365. The van der Waals surface area contributed by atoms with Gasteiger partial charge in [-0.3, -0.25) is 0 Å². The highest BCUT2D eigenvalue weighted by atomic mass is 16.3. The normalized spacial score (nSPS) is 14.5. The SMILES string of the molecule is CC(C)c1ccccc1NC(=O)N(CCO)C1CC1. The van der Waals surface area contributed by atoms with Crippen molar-refractivity contribution in [2.75, 3.05) is 18.5 Å². The molecule has 0 atom stereocenters. The number of hydrogen-bond acceptors (Lipinski definition) is 2.